The van der Waals surface area contributed by atoms with Gasteiger partial charge in [-0.15, -0.1) is 0 Å². The summed E-state index contributed by atoms with van der Waals surface area (Å²) < 4.78 is 5.34. The van der Waals surface area contributed by atoms with Crippen LogP contribution >= 0.6 is 0 Å². The van der Waals surface area contributed by atoms with Gasteiger partial charge in [-0.1, -0.05) is 57.2 Å². The number of ketones is 1. The molecule has 27 heavy (non-hydrogen) atoms. The van der Waals surface area contributed by atoms with E-state index < -0.39 is 29.1 Å². The maximum Gasteiger partial charge on any atom is 0.329 e. The van der Waals surface area contributed by atoms with Crippen molar-refractivity contribution in [1.29, 1.82) is 0 Å². The Labute approximate surface area is 161 Å². The number of benzene rings is 1. The van der Waals surface area contributed by atoms with Crippen molar-refractivity contribution in [2.45, 2.75) is 52.5 Å². The number of hydrogen-bond acceptors (Lipinski definition) is 4. The summed E-state index contributed by atoms with van der Waals surface area (Å²) in [4.78, 5) is 39.1. The van der Waals surface area contributed by atoms with Gasteiger partial charge in [0.1, 0.15) is 12.6 Å². The molecule has 1 unspecified atom stereocenters. The Bertz CT molecular complexity index is 694. The summed E-state index contributed by atoms with van der Waals surface area (Å²) in [5.74, 6) is -1.44. The molecule has 0 radical (unpaired) electrons. The van der Waals surface area contributed by atoms with Crippen LogP contribution in [0.25, 0.3) is 6.08 Å². The van der Waals surface area contributed by atoms with Gasteiger partial charge >= 0.3 is 5.97 Å². The first kappa shape index (κ1) is 20.9. The lowest BCUT2D eigenvalue weighted by atomic mass is 9.84. The van der Waals surface area contributed by atoms with Gasteiger partial charge in [-0.2, -0.15) is 0 Å². The van der Waals surface area contributed by atoms with E-state index >= 15 is 0 Å². The minimum absolute atomic E-state index is 0.140. The second kappa shape index (κ2) is 9.49. The van der Waals surface area contributed by atoms with E-state index in [-0.39, 0.29) is 6.61 Å². The molecule has 146 valence electrons. The molecule has 0 spiro atoms. The molecule has 1 amide bonds. The molecule has 0 aromatic heterocycles. The number of nitrogens with zero attached hydrogens (tertiary/aromatic N) is 1. The van der Waals surface area contributed by atoms with E-state index in [9.17, 15) is 14.4 Å². The standard InChI is InChI=1S/C22H29NO4/c1-4-22(2,3)19(24)20(25)23-15-9-8-14-18(23)21(26)27-16-10-13-17-11-6-5-7-12-17/h5-7,10-13,18H,4,8-9,14-16H2,1-3H3/b13-10+. The van der Waals surface area contributed by atoms with Crippen LogP contribution in [0.2, 0.25) is 0 Å². The first-order valence-electron chi connectivity index (χ1n) is 9.60. The molecule has 5 heteroatoms. The van der Waals surface area contributed by atoms with E-state index in [1.165, 1.54) is 4.90 Å². The van der Waals surface area contributed by atoms with Crippen molar-refractivity contribution >= 4 is 23.7 Å². The number of rotatable bonds is 7. The zero-order valence-electron chi connectivity index (χ0n) is 16.4. The van der Waals surface area contributed by atoms with Gasteiger partial charge in [-0.3, -0.25) is 9.59 Å². The van der Waals surface area contributed by atoms with Crippen LogP contribution in [-0.2, 0) is 19.1 Å². The quantitative estimate of drug-likeness (QED) is 0.542. The van der Waals surface area contributed by atoms with Gasteiger partial charge in [0.25, 0.3) is 5.91 Å². The van der Waals surface area contributed by atoms with Crippen LogP contribution in [0.4, 0.5) is 0 Å². The van der Waals surface area contributed by atoms with Crippen molar-refractivity contribution in [3.8, 4) is 0 Å². The molecule has 1 aromatic rings. The zero-order valence-corrected chi connectivity index (χ0v) is 16.4. The first-order valence-corrected chi connectivity index (χ1v) is 9.60. The third kappa shape index (κ3) is 5.52. The smallest absolute Gasteiger partial charge is 0.329 e. The summed E-state index contributed by atoms with van der Waals surface area (Å²) in [6.07, 6.45) is 6.40. The highest BCUT2D eigenvalue weighted by molar-refractivity contribution is 6.38. The third-order valence-electron chi connectivity index (χ3n) is 5.16. The molecule has 1 atom stereocenters. The molecular weight excluding hydrogens is 342 g/mol. The Balaban J connectivity index is 1.97. The Morgan fingerprint density at radius 1 is 1.19 bits per heavy atom. The largest absolute Gasteiger partial charge is 0.460 e. The number of Topliss-reactive ketones (excluding diaryl/α,β-unsaturated/α-hetero) is 1. The summed E-state index contributed by atoms with van der Waals surface area (Å²) in [6, 6.07) is 9.06. The molecule has 1 heterocycles. The van der Waals surface area contributed by atoms with Gasteiger partial charge in [0, 0.05) is 12.0 Å². The number of likely N-dealkylation sites (tertiary alicyclic amines) is 1. The second-order valence-electron chi connectivity index (χ2n) is 7.52. The minimum Gasteiger partial charge on any atom is -0.460 e. The predicted molar refractivity (Wildman–Crippen MR) is 105 cm³/mol. The molecular formula is C22H29NO4. The summed E-state index contributed by atoms with van der Waals surface area (Å²) in [5, 5.41) is 0. The van der Waals surface area contributed by atoms with Crippen molar-refractivity contribution < 1.29 is 19.1 Å². The van der Waals surface area contributed by atoms with Crippen molar-refractivity contribution in [3.05, 3.63) is 42.0 Å². The average molecular weight is 371 g/mol. The van der Waals surface area contributed by atoms with E-state index in [1.54, 1.807) is 19.9 Å². The van der Waals surface area contributed by atoms with Crippen LogP contribution in [0.3, 0.4) is 0 Å². The molecule has 0 bridgehead atoms. The normalized spacial score (nSPS) is 17.7. The fraction of sp³-hybridized carbons (Fsp3) is 0.500. The van der Waals surface area contributed by atoms with Gasteiger partial charge in [0.15, 0.2) is 0 Å². The molecule has 0 N–H and O–H groups in total. The topological polar surface area (TPSA) is 63.7 Å². The van der Waals surface area contributed by atoms with Crippen LogP contribution in [0.15, 0.2) is 36.4 Å². The first-order chi connectivity index (χ1) is 12.9. The number of carbonyl (C=O) groups is 3. The van der Waals surface area contributed by atoms with Gasteiger partial charge in [-0.25, -0.2) is 4.79 Å². The summed E-state index contributed by atoms with van der Waals surface area (Å²) >= 11 is 0. The Hall–Kier alpha value is -2.43. The fourth-order valence-electron chi connectivity index (χ4n) is 2.97. The van der Waals surface area contributed by atoms with Gasteiger partial charge in [0.05, 0.1) is 0 Å². The van der Waals surface area contributed by atoms with Crippen LogP contribution < -0.4 is 0 Å². The monoisotopic (exact) mass is 371 g/mol. The molecule has 0 saturated carbocycles. The molecule has 5 nitrogen and oxygen atoms in total. The van der Waals surface area contributed by atoms with E-state index in [1.807, 2.05) is 43.3 Å². The molecule has 0 aliphatic carbocycles. The Kier molecular flexibility index (Phi) is 7.34. The summed E-state index contributed by atoms with van der Waals surface area (Å²) in [5.41, 5.74) is 0.303. The zero-order chi connectivity index (χ0) is 19.9. The van der Waals surface area contributed by atoms with Crippen LogP contribution in [0.5, 0.6) is 0 Å². The van der Waals surface area contributed by atoms with Gasteiger partial charge in [-0.05, 0) is 37.3 Å². The SMILES string of the molecule is CCC(C)(C)C(=O)C(=O)N1CCCCC1C(=O)OC/C=C/c1ccccc1. The average Bonchev–Trinajstić information content (AvgIpc) is 2.70. The van der Waals surface area contributed by atoms with Crippen LogP contribution in [0.1, 0.15) is 52.0 Å². The molecule has 2 rings (SSSR count). The lowest BCUT2D eigenvalue weighted by Gasteiger charge is -2.35. The fourth-order valence-corrected chi connectivity index (χ4v) is 2.97. The van der Waals surface area contributed by atoms with Crippen molar-refractivity contribution in [2.75, 3.05) is 13.2 Å². The number of carbonyl (C=O) groups excluding carboxylic acids is 3. The second-order valence-corrected chi connectivity index (χ2v) is 7.52. The molecule has 1 fully saturated rings. The molecule has 1 aliphatic heterocycles. The van der Waals surface area contributed by atoms with Crippen molar-refractivity contribution in [3.63, 3.8) is 0 Å². The maximum absolute atomic E-state index is 12.7. The summed E-state index contributed by atoms with van der Waals surface area (Å²) in [7, 11) is 0. The highest BCUT2D eigenvalue weighted by Crippen LogP contribution is 2.25. The third-order valence-corrected chi connectivity index (χ3v) is 5.16. The van der Waals surface area contributed by atoms with Crippen molar-refractivity contribution in [1.82, 2.24) is 4.90 Å². The van der Waals surface area contributed by atoms with E-state index in [0.717, 1.165) is 18.4 Å². The molecule has 1 aromatic carbocycles. The highest BCUT2D eigenvalue weighted by Gasteiger charge is 2.40. The minimum atomic E-state index is -0.721. The number of hydrogen-bond donors (Lipinski definition) is 0. The highest BCUT2D eigenvalue weighted by atomic mass is 16.5. The molecule has 1 saturated heterocycles. The number of piperidine rings is 1. The number of amides is 1. The van der Waals surface area contributed by atoms with E-state index in [4.69, 9.17) is 4.74 Å². The van der Waals surface area contributed by atoms with Crippen LogP contribution in [-0.4, -0.2) is 41.8 Å². The van der Waals surface area contributed by atoms with E-state index in [0.29, 0.717) is 19.4 Å². The lowest BCUT2D eigenvalue weighted by Crippen LogP contribution is -2.53. The Morgan fingerprint density at radius 3 is 2.56 bits per heavy atom. The number of ether oxygens (including phenoxy) is 1. The lowest BCUT2D eigenvalue weighted by molar-refractivity contribution is -0.160. The van der Waals surface area contributed by atoms with Gasteiger partial charge < -0.3 is 9.64 Å². The summed E-state index contributed by atoms with van der Waals surface area (Å²) in [6.45, 7) is 5.97. The van der Waals surface area contributed by atoms with E-state index in [2.05, 4.69) is 0 Å². The maximum atomic E-state index is 12.7. The van der Waals surface area contributed by atoms with Crippen molar-refractivity contribution in [2.24, 2.45) is 5.41 Å². The number of esters is 1. The predicted octanol–water partition coefficient (Wildman–Crippen LogP) is 3.63. The Morgan fingerprint density at radius 2 is 1.89 bits per heavy atom. The molecule has 1 aliphatic rings. The van der Waals surface area contributed by atoms with Crippen LogP contribution in [0, 0.1) is 5.41 Å². The van der Waals surface area contributed by atoms with Gasteiger partial charge in [0.2, 0.25) is 5.78 Å².